The number of amides is 2. The van der Waals surface area contributed by atoms with Crippen molar-refractivity contribution in [2.45, 2.75) is 103 Å². The van der Waals surface area contributed by atoms with Gasteiger partial charge in [-0.3, -0.25) is 5.32 Å². The van der Waals surface area contributed by atoms with Crippen molar-refractivity contribution in [1.29, 1.82) is 0 Å². The molecule has 0 spiro atoms. The molecule has 0 saturated carbocycles. The zero-order valence-corrected chi connectivity index (χ0v) is 31.6. The Morgan fingerprint density at radius 1 is 1.04 bits per heavy atom. The van der Waals surface area contributed by atoms with Crippen LogP contribution >= 0.6 is 34.7 Å². The molecule has 2 fully saturated rings. The van der Waals surface area contributed by atoms with E-state index in [1.807, 2.05) is 32.6 Å². The molecule has 4 aromatic rings. The van der Waals surface area contributed by atoms with Crippen LogP contribution in [0.4, 0.5) is 24.8 Å². The van der Waals surface area contributed by atoms with E-state index in [4.69, 9.17) is 35.8 Å². The Morgan fingerprint density at radius 3 is 2.38 bits per heavy atom. The van der Waals surface area contributed by atoms with Crippen LogP contribution in [0.2, 0.25) is 5.02 Å². The SMILES string of the molecule is CCSc1nc(N2C3CCC2CN(C(=O)OC(C)(C)C)C3)c2c3c(c(-c4c(F)ccc5sc(NC(=O)OC(C)(C)C)cc45)c(Cl)c2n1)COC3. The molecule has 1 N–H and O–H groups in total. The molecule has 266 valence electrons. The Balaban J connectivity index is 1.36. The average Bonchev–Trinajstić information content (AvgIpc) is 3.71. The number of thiophene rings is 1. The Morgan fingerprint density at radius 2 is 1.72 bits per heavy atom. The maximum atomic E-state index is 16.1. The second-order valence-electron chi connectivity index (χ2n) is 14.9. The first-order valence-electron chi connectivity index (χ1n) is 16.9. The first kappa shape index (κ1) is 35.0. The number of nitrogens with one attached hydrogen (secondary N) is 1. The zero-order chi connectivity index (χ0) is 35.7. The topological polar surface area (TPSA) is 106 Å². The number of carbonyl (C=O) groups excluding carboxylic acids is 2. The monoisotopic (exact) mass is 741 g/mol. The van der Waals surface area contributed by atoms with Gasteiger partial charge in [-0.1, -0.05) is 30.3 Å². The summed E-state index contributed by atoms with van der Waals surface area (Å²) >= 11 is 10.2. The summed E-state index contributed by atoms with van der Waals surface area (Å²) in [4.78, 5) is 40.0. The minimum Gasteiger partial charge on any atom is -0.444 e. The quantitative estimate of drug-likeness (QED) is 0.158. The zero-order valence-electron chi connectivity index (χ0n) is 29.2. The highest BCUT2D eigenvalue weighted by atomic mass is 35.5. The van der Waals surface area contributed by atoms with Crippen molar-refractivity contribution in [3.8, 4) is 11.1 Å². The van der Waals surface area contributed by atoms with E-state index < -0.39 is 23.1 Å². The maximum absolute atomic E-state index is 16.1. The number of benzene rings is 2. The van der Waals surface area contributed by atoms with Gasteiger partial charge in [0.05, 0.1) is 34.1 Å². The molecule has 50 heavy (non-hydrogen) atoms. The van der Waals surface area contributed by atoms with E-state index >= 15 is 4.39 Å². The molecule has 2 bridgehead atoms. The van der Waals surface area contributed by atoms with Crippen molar-refractivity contribution in [3.05, 3.63) is 40.2 Å². The lowest BCUT2D eigenvalue weighted by Crippen LogP contribution is -2.56. The molecule has 2 atom stereocenters. The first-order valence-corrected chi connectivity index (χ1v) is 19.0. The largest absolute Gasteiger partial charge is 0.444 e. The number of anilines is 2. The highest BCUT2D eigenvalue weighted by Gasteiger charge is 2.45. The summed E-state index contributed by atoms with van der Waals surface area (Å²) in [6.07, 6.45) is 0.915. The number of thioether (sulfide) groups is 1. The van der Waals surface area contributed by atoms with Crippen molar-refractivity contribution in [2.75, 3.05) is 29.1 Å². The fraction of sp³-hybridized carbons (Fsp3) is 0.500. The van der Waals surface area contributed by atoms with Crippen LogP contribution < -0.4 is 10.2 Å². The van der Waals surface area contributed by atoms with Gasteiger partial charge in [0.2, 0.25) is 0 Å². The Labute approximate surface area is 304 Å². The van der Waals surface area contributed by atoms with Crippen molar-refractivity contribution in [2.24, 2.45) is 0 Å². The molecule has 3 aliphatic rings. The van der Waals surface area contributed by atoms with E-state index in [2.05, 4.69) is 10.2 Å². The Bertz CT molecular complexity index is 2010. The van der Waals surface area contributed by atoms with Gasteiger partial charge >= 0.3 is 12.2 Å². The van der Waals surface area contributed by atoms with Gasteiger partial charge in [0, 0.05) is 46.4 Å². The van der Waals surface area contributed by atoms with Crippen molar-refractivity contribution >= 4 is 78.7 Å². The number of ether oxygens (including phenoxy) is 3. The molecule has 2 aromatic carbocycles. The van der Waals surface area contributed by atoms with E-state index in [1.165, 1.54) is 29.2 Å². The molecule has 10 nitrogen and oxygen atoms in total. The smallest absolute Gasteiger partial charge is 0.412 e. The second kappa shape index (κ2) is 13.0. The number of piperazine rings is 1. The minimum absolute atomic E-state index is 0.0307. The molecular weight excluding hydrogens is 701 g/mol. The van der Waals surface area contributed by atoms with E-state index in [-0.39, 0.29) is 24.8 Å². The minimum atomic E-state index is -0.669. The third-order valence-electron chi connectivity index (χ3n) is 8.93. The number of hydrogen-bond acceptors (Lipinski definition) is 10. The number of nitrogens with zero attached hydrogens (tertiary/aromatic N) is 4. The predicted octanol–water partition coefficient (Wildman–Crippen LogP) is 9.38. The van der Waals surface area contributed by atoms with Crippen LogP contribution in [0.1, 0.15) is 72.4 Å². The van der Waals surface area contributed by atoms with E-state index in [0.717, 1.165) is 45.6 Å². The van der Waals surface area contributed by atoms with Gasteiger partial charge in [-0.15, -0.1) is 11.3 Å². The fourth-order valence-corrected chi connectivity index (χ4v) is 9.03. The number of aromatic nitrogens is 2. The summed E-state index contributed by atoms with van der Waals surface area (Å²) in [5.41, 5.74) is 1.84. The van der Waals surface area contributed by atoms with Crippen LogP contribution in [0.25, 0.3) is 32.1 Å². The van der Waals surface area contributed by atoms with Crippen LogP contribution in [0.3, 0.4) is 0 Å². The number of halogens is 2. The lowest BCUT2D eigenvalue weighted by atomic mass is 9.91. The van der Waals surface area contributed by atoms with E-state index in [1.54, 1.807) is 32.9 Å². The summed E-state index contributed by atoms with van der Waals surface area (Å²) < 4.78 is 34.2. The van der Waals surface area contributed by atoms with Gasteiger partial charge in [0.25, 0.3) is 0 Å². The Kier molecular flexibility index (Phi) is 9.10. The van der Waals surface area contributed by atoms with Crippen LogP contribution in [-0.2, 0) is 27.4 Å². The first-order chi connectivity index (χ1) is 23.6. The number of fused-ring (bicyclic) bond motifs is 6. The third kappa shape index (κ3) is 6.57. The normalized spacial score (nSPS) is 19.0. The highest BCUT2D eigenvalue weighted by Crippen LogP contribution is 2.50. The predicted molar refractivity (Wildman–Crippen MR) is 197 cm³/mol. The number of rotatable bonds is 5. The number of carbonyl (C=O) groups is 2. The second-order valence-corrected chi connectivity index (χ2v) is 17.6. The molecule has 2 unspecified atom stereocenters. The fourth-order valence-electron chi connectivity index (χ4n) is 7.16. The summed E-state index contributed by atoms with van der Waals surface area (Å²) in [7, 11) is 0. The molecule has 3 aliphatic heterocycles. The summed E-state index contributed by atoms with van der Waals surface area (Å²) in [5.74, 6) is 1.08. The van der Waals surface area contributed by atoms with Gasteiger partial charge in [0.15, 0.2) is 5.16 Å². The number of likely N-dealkylation sites (tertiary alicyclic amines) is 1. The molecule has 14 heteroatoms. The van der Waals surface area contributed by atoms with Crippen molar-refractivity contribution < 1.29 is 28.2 Å². The molecule has 0 radical (unpaired) electrons. The molecule has 7 rings (SSSR count). The van der Waals surface area contributed by atoms with Gasteiger partial charge in [-0.25, -0.2) is 23.9 Å². The lowest BCUT2D eigenvalue weighted by molar-refractivity contribution is 0.0209. The molecule has 2 amide bonds. The number of hydrogen-bond donors (Lipinski definition) is 1. The lowest BCUT2D eigenvalue weighted by Gasteiger charge is -2.42. The van der Waals surface area contributed by atoms with Crippen molar-refractivity contribution in [3.63, 3.8) is 0 Å². The molecule has 2 aromatic heterocycles. The van der Waals surface area contributed by atoms with Gasteiger partial charge in [-0.05, 0) is 89.5 Å². The van der Waals surface area contributed by atoms with Crippen LogP contribution in [0.5, 0.6) is 0 Å². The van der Waals surface area contributed by atoms with Crippen LogP contribution in [0.15, 0.2) is 23.4 Å². The summed E-state index contributed by atoms with van der Waals surface area (Å²) in [5, 5.41) is 5.65. The summed E-state index contributed by atoms with van der Waals surface area (Å²) in [6.45, 7) is 14.6. The molecule has 0 aliphatic carbocycles. The van der Waals surface area contributed by atoms with E-state index in [9.17, 15) is 9.59 Å². The molecule has 5 heterocycles. The standard InChI is InChI=1S/C36H41ClFN5O5S2/c1-8-49-32-40-30-28(31(41-32)43-18-9-10-19(43)15-42(14-18)34(45)48-36(5,6)7)22-17-46-16-21(22)27(29(30)37)26-20-13-25(39-33(44)47-35(2,3)4)50-24(20)12-11-23(26)38/h11-13,18-19H,8-10,14-17H2,1-7H3,(H,39,44). The summed E-state index contributed by atoms with van der Waals surface area (Å²) in [6, 6.07) is 4.95. The average molecular weight is 742 g/mol. The van der Waals surface area contributed by atoms with Gasteiger partial charge in [0.1, 0.15) is 22.8 Å². The maximum Gasteiger partial charge on any atom is 0.412 e. The van der Waals surface area contributed by atoms with E-state index in [0.29, 0.717) is 56.9 Å². The Hall–Kier alpha value is -3.39. The van der Waals surface area contributed by atoms with Gasteiger partial charge < -0.3 is 24.0 Å². The van der Waals surface area contributed by atoms with Crippen molar-refractivity contribution in [1.82, 2.24) is 14.9 Å². The molecule has 2 saturated heterocycles. The van der Waals surface area contributed by atoms with Crippen LogP contribution in [-0.4, -0.2) is 69.2 Å². The third-order valence-corrected chi connectivity index (χ3v) is 11.0. The van der Waals surface area contributed by atoms with Crippen LogP contribution in [0, 0.1) is 5.82 Å². The van der Waals surface area contributed by atoms with Gasteiger partial charge in [-0.2, -0.15) is 0 Å². The molecular formula is C36H41ClFN5O5S2. The highest BCUT2D eigenvalue weighted by molar-refractivity contribution is 7.99.